The van der Waals surface area contributed by atoms with Crippen molar-refractivity contribution in [3.63, 3.8) is 0 Å². The van der Waals surface area contributed by atoms with E-state index in [1.165, 1.54) is 0 Å². The van der Waals surface area contributed by atoms with Gasteiger partial charge in [-0.05, 0) is 37.1 Å². The van der Waals surface area contributed by atoms with E-state index in [-0.39, 0.29) is 5.89 Å². The molecule has 29 heavy (non-hydrogen) atoms. The van der Waals surface area contributed by atoms with Crippen LogP contribution in [0.25, 0.3) is 22.6 Å². The summed E-state index contributed by atoms with van der Waals surface area (Å²) in [6.07, 6.45) is 0.680. The Labute approximate surface area is 176 Å². The summed E-state index contributed by atoms with van der Waals surface area (Å²) in [7, 11) is 0. The summed E-state index contributed by atoms with van der Waals surface area (Å²) in [5, 5.41) is 10.4. The molecule has 4 aromatic rings. The van der Waals surface area contributed by atoms with Crippen LogP contribution in [0.4, 0.5) is 0 Å². The number of nitrogens with one attached hydrogen (secondary N) is 1. The van der Waals surface area contributed by atoms with E-state index in [0.29, 0.717) is 23.8 Å². The molecule has 0 atom stereocenters. The SMILES string of the molecule is Cc1nc(-c2cccc(-c3noc(C(=O)NCCc4ccc(Cl)cc4)n3)c2)cs1. The van der Waals surface area contributed by atoms with E-state index < -0.39 is 5.91 Å². The van der Waals surface area contributed by atoms with Crippen LogP contribution < -0.4 is 5.32 Å². The first-order valence-electron chi connectivity index (χ1n) is 8.98. The summed E-state index contributed by atoms with van der Waals surface area (Å²) in [4.78, 5) is 21.0. The van der Waals surface area contributed by atoms with E-state index >= 15 is 0 Å². The number of benzene rings is 2. The molecule has 2 heterocycles. The number of rotatable bonds is 6. The average molecular weight is 425 g/mol. The summed E-state index contributed by atoms with van der Waals surface area (Å²) < 4.78 is 5.14. The van der Waals surface area contributed by atoms with Crippen LogP contribution in [0.15, 0.2) is 58.4 Å². The van der Waals surface area contributed by atoms with Gasteiger partial charge in [0.15, 0.2) is 0 Å². The highest BCUT2D eigenvalue weighted by atomic mass is 35.5. The molecule has 146 valence electrons. The summed E-state index contributed by atoms with van der Waals surface area (Å²) in [5.41, 5.74) is 3.70. The maximum atomic E-state index is 12.3. The lowest BCUT2D eigenvalue weighted by molar-refractivity contribution is 0.0910. The van der Waals surface area contributed by atoms with Gasteiger partial charge >= 0.3 is 11.8 Å². The number of aryl methyl sites for hydroxylation is 1. The van der Waals surface area contributed by atoms with E-state index in [9.17, 15) is 4.79 Å². The first-order chi connectivity index (χ1) is 14.1. The third kappa shape index (κ3) is 4.70. The van der Waals surface area contributed by atoms with Crippen LogP contribution in [0.5, 0.6) is 0 Å². The smallest absolute Gasteiger partial charge is 0.316 e. The number of carbonyl (C=O) groups excluding carboxylic acids is 1. The largest absolute Gasteiger partial charge is 0.347 e. The van der Waals surface area contributed by atoms with Gasteiger partial charge in [-0.25, -0.2) is 4.98 Å². The fourth-order valence-electron chi connectivity index (χ4n) is 2.79. The van der Waals surface area contributed by atoms with Crippen molar-refractivity contribution in [3.8, 4) is 22.6 Å². The number of halogens is 1. The van der Waals surface area contributed by atoms with Crippen LogP contribution in [0.2, 0.25) is 5.02 Å². The maximum absolute atomic E-state index is 12.3. The fourth-order valence-corrected chi connectivity index (χ4v) is 3.54. The number of carbonyl (C=O) groups is 1. The number of thiazole rings is 1. The van der Waals surface area contributed by atoms with E-state index in [1.54, 1.807) is 11.3 Å². The molecule has 0 unspecified atom stereocenters. The van der Waals surface area contributed by atoms with E-state index in [0.717, 1.165) is 27.4 Å². The van der Waals surface area contributed by atoms with Gasteiger partial charge in [-0.2, -0.15) is 4.98 Å². The van der Waals surface area contributed by atoms with Gasteiger partial charge in [0.05, 0.1) is 10.7 Å². The molecule has 4 rings (SSSR count). The lowest BCUT2D eigenvalue weighted by Crippen LogP contribution is -2.25. The Hall–Kier alpha value is -3.03. The van der Waals surface area contributed by atoms with Gasteiger partial charge in [0.1, 0.15) is 0 Å². The van der Waals surface area contributed by atoms with Crippen molar-refractivity contribution in [3.05, 3.63) is 75.4 Å². The molecule has 0 aliphatic carbocycles. The molecule has 8 heteroatoms. The molecule has 1 amide bonds. The normalized spacial score (nSPS) is 10.8. The third-order valence-corrected chi connectivity index (χ3v) is 5.29. The van der Waals surface area contributed by atoms with E-state index in [2.05, 4.69) is 20.4 Å². The van der Waals surface area contributed by atoms with Gasteiger partial charge in [0, 0.05) is 28.1 Å². The zero-order valence-electron chi connectivity index (χ0n) is 15.6. The Kier molecular flexibility index (Phi) is 5.69. The van der Waals surface area contributed by atoms with Gasteiger partial charge in [-0.3, -0.25) is 4.79 Å². The molecule has 2 aromatic carbocycles. The standard InChI is InChI=1S/C21H17ClN4O2S/c1-13-24-18(12-29-13)15-3-2-4-16(11-15)19-25-21(28-26-19)20(27)23-10-9-14-5-7-17(22)8-6-14/h2-8,11-12H,9-10H2,1H3,(H,23,27). The van der Waals surface area contributed by atoms with Gasteiger partial charge in [-0.1, -0.05) is 47.1 Å². The monoisotopic (exact) mass is 424 g/mol. The van der Waals surface area contributed by atoms with Crippen LogP contribution in [0.1, 0.15) is 21.3 Å². The maximum Gasteiger partial charge on any atom is 0.316 e. The molecule has 0 aliphatic rings. The Morgan fingerprint density at radius 3 is 2.69 bits per heavy atom. The molecule has 0 bridgehead atoms. The molecule has 6 nitrogen and oxygen atoms in total. The Balaban J connectivity index is 1.41. The minimum absolute atomic E-state index is 0.0639. The molecule has 0 saturated heterocycles. The molecular weight excluding hydrogens is 408 g/mol. The number of amides is 1. The molecule has 0 aliphatic heterocycles. The number of hydrogen-bond acceptors (Lipinski definition) is 6. The molecule has 2 aromatic heterocycles. The van der Waals surface area contributed by atoms with Crippen LogP contribution in [-0.4, -0.2) is 27.6 Å². The number of aromatic nitrogens is 3. The highest BCUT2D eigenvalue weighted by Gasteiger charge is 2.16. The van der Waals surface area contributed by atoms with Gasteiger partial charge < -0.3 is 9.84 Å². The van der Waals surface area contributed by atoms with Crippen molar-refractivity contribution in [2.45, 2.75) is 13.3 Å². The Morgan fingerprint density at radius 2 is 1.93 bits per heavy atom. The third-order valence-electron chi connectivity index (χ3n) is 4.27. The van der Waals surface area contributed by atoms with Crippen molar-refractivity contribution in [2.75, 3.05) is 6.54 Å². The average Bonchev–Trinajstić information content (AvgIpc) is 3.39. The predicted molar refractivity (Wildman–Crippen MR) is 113 cm³/mol. The Bertz CT molecular complexity index is 1140. The molecule has 0 radical (unpaired) electrons. The highest BCUT2D eigenvalue weighted by Crippen LogP contribution is 2.26. The second-order valence-corrected chi connectivity index (χ2v) is 7.89. The first kappa shape index (κ1) is 19.3. The minimum atomic E-state index is -0.399. The first-order valence-corrected chi connectivity index (χ1v) is 10.2. The number of nitrogens with zero attached hydrogens (tertiary/aromatic N) is 3. The lowest BCUT2D eigenvalue weighted by atomic mass is 10.1. The molecule has 0 fully saturated rings. The zero-order chi connectivity index (χ0) is 20.2. The lowest BCUT2D eigenvalue weighted by Gasteiger charge is -2.02. The molecular formula is C21H17ClN4O2S. The van der Waals surface area contributed by atoms with E-state index in [4.69, 9.17) is 16.1 Å². The van der Waals surface area contributed by atoms with Crippen molar-refractivity contribution in [2.24, 2.45) is 0 Å². The van der Waals surface area contributed by atoms with Gasteiger partial charge in [0.2, 0.25) is 5.82 Å². The predicted octanol–water partition coefficient (Wildman–Crippen LogP) is 4.79. The second kappa shape index (κ2) is 8.55. The number of hydrogen-bond donors (Lipinski definition) is 1. The highest BCUT2D eigenvalue weighted by molar-refractivity contribution is 7.09. The summed E-state index contributed by atoms with van der Waals surface area (Å²) in [5.74, 6) is -0.100. The Morgan fingerprint density at radius 1 is 1.14 bits per heavy atom. The van der Waals surface area contributed by atoms with E-state index in [1.807, 2.05) is 60.8 Å². The minimum Gasteiger partial charge on any atom is -0.347 e. The quantitative estimate of drug-likeness (QED) is 0.481. The summed E-state index contributed by atoms with van der Waals surface area (Å²) in [6, 6.07) is 15.2. The van der Waals surface area contributed by atoms with Crippen LogP contribution in [0, 0.1) is 6.92 Å². The van der Waals surface area contributed by atoms with Gasteiger partial charge in [-0.15, -0.1) is 11.3 Å². The second-order valence-electron chi connectivity index (χ2n) is 6.39. The van der Waals surface area contributed by atoms with Crippen molar-refractivity contribution in [1.29, 1.82) is 0 Å². The van der Waals surface area contributed by atoms with Crippen LogP contribution in [-0.2, 0) is 6.42 Å². The summed E-state index contributed by atoms with van der Waals surface area (Å²) in [6.45, 7) is 2.42. The van der Waals surface area contributed by atoms with Crippen LogP contribution in [0.3, 0.4) is 0 Å². The van der Waals surface area contributed by atoms with Gasteiger partial charge in [0.25, 0.3) is 0 Å². The summed E-state index contributed by atoms with van der Waals surface area (Å²) >= 11 is 7.47. The van der Waals surface area contributed by atoms with Crippen molar-refractivity contribution < 1.29 is 9.32 Å². The molecule has 1 N–H and O–H groups in total. The molecule has 0 saturated carbocycles. The van der Waals surface area contributed by atoms with Crippen LogP contribution >= 0.6 is 22.9 Å². The fraction of sp³-hybridized carbons (Fsp3) is 0.143. The van der Waals surface area contributed by atoms with Crippen molar-refractivity contribution >= 4 is 28.8 Å². The van der Waals surface area contributed by atoms with Crippen molar-refractivity contribution in [1.82, 2.24) is 20.4 Å². The zero-order valence-corrected chi connectivity index (χ0v) is 17.1. The molecule has 0 spiro atoms. The topological polar surface area (TPSA) is 80.9 Å².